The first-order chi connectivity index (χ1) is 15.0. The Morgan fingerprint density at radius 3 is 2.71 bits per heavy atom. The van der Waals surface area contributed by atoms with Crippen molar-refractivity contribution >= 4 is 22.6 Å². The number of halogens is 1. The summed E-state index contributed by atoms with van der Waals surface area (Å²) in [5, 5.41) is 1.06. The van der Waals surface area contributed by atoms with Crippen molar-refractivity contribution in [3.05, 3.63) is 71.0 Å². The van der Waals surface area contributed by atoms with Gasteiger partial charge < -0.3 is 14.5 Å². The summed E-state index contributed by atoms with van der Waals surface area (Å²) in [6.45, 7) is 5.20. The van der Waals surface area contributed by atoms with Crippen LogP contribution in [-0.2, 0) is 11.3 Å². The number of pyridine rings is 1. The van der Waals surface area contributed by atoms with Crippen LogP contribution in [0.4, 0.5) is 10.2 Å². The Morgan fingerprint density at radius 2 is 1.97 bits per heavy atom. The standard InChI is InChI=1S/C25H28FN3O2/c1-18-8-9-23-20(14-18)15-21(24(27-23)28-10-3-4-11-28)17-29(12-13-31-2)25(30)19-6-5-7-22(26)16-19/h5-9,14-16H,3-4,10-13,17H2,1-2H3. The van der Waals surface area contributed by atoms with E-state index >= 15 is 0 Å². The number of hydrogen-bond donors (Lipinski definition) is 0. The molecule has 162 valence electrons. The Hall–Kier alpha value is -2.99. The number of ether oxygens (including phenoxy) is 1. The van der Waals surface area contributed by atoms with Gasteiger partial charge in [0.25, 0.3) is 5.91 Å². The molecule has 0 unspecified atom stereocenters. The van der Waals surface area contributed by atoms with Crippen molar-refractivity contribution in [2.45, 2.75) is 26.3 Å². The SMILES string of the molecule is COCCN(Cc1cc2cc(C)ccc2nc1N1CCCC1)C(=O)c1cccc(F)c1. The van der Waals surface area contributed by atoms with Crippen LogP contribution in [0.2, 0.25) is 0 Å². The summed E-state index contributed by atoms with van der Waals surface area (Å²) in [4.78, 5) is 22.2. The number of benzene rings is 2. The predicted octanol–water partition coefficient (Wildman–Crippen LogP) is 4.57. The maximum atomic E-state index is 13.7. The van der Waals surface area contributed by atoms with Crippen molar-refractivity contribution in [1.29, 1.82) is 0 Å². The van der Waals surface area contributed by atoms with Crippen LogP contribution >= 0.6 is 0 Å². The number of methoxy groups -OCH3 is 1. The number of aryl methyl sites for hydroxylation is 1. The van der Waals surface area contributed by atoms with E-state index in [-0.39, 0.29) is 5.91 Å². The quantitative estimate of drug-likeness (QED) is 0.561. The molecule has 0 atom stereocenters. The maximum Gasteiger partial charge on any atom is 0.254 e. The van der Waals surface area contributed by atoms with Crippen molar-refractivity contribution in [3.8, 4) is 0 Å². The highest BCUT2D eigenvalue weighted by Gasteiger charge is 2.23. The smallest absolute Gasteiger partial charge is 0.254 e. The Kier molecular flexibility index (Phi) is 6.47. The number of amides is 1. The van der Waals surface area contributed by atoms with Gasteiger partial charge in [0.15, 0.2) is 0 Å². The van der Waals surface area contributed by atoms with Gasteiger partial charge >= 0.3 is 0 Å². The summed E-state index contributed by atoms with van der Waals surface area (Å²) in [6.07, 6.45) is 2.28. The van der Waals surface area contributed by atoms with Gasteiger partial charge in [0.1, 0.15) is 11.6 Å². The fraction of sp³-hybridized carbons (Fsp3) is 0.360. The minimum absolute atomic E-state index is 0.215. The molecule has 0 radical (unpaired) electrons. The number of aromatic nitrogens is 1. The molecule has 1 aliphatic heterocycles. The molecular formula is C25H28FN3O2. The molecule has 2 aromatic carbocycles. The first-order valence-electron chi connectivity index (χ1n) is 10.7. The van der Waals surface area contributed by atoms with Crippen molar-refractivity contribution < 1.29 is 13.9 Å². The summed E-state index contributed by atoms with van der Waals surface area (Å²) in [7, 11) is 1.61. The molecule has 0 spiro atoms. The lowest BCUT2D eigenvalue weighted by Crippen LogP contribution is -2.34. The van der Waals surface area contributed by atoms with E-state index in [0.717, 1.165) is 48.2 Å². The topological polar surface area (TPSA) is 45.7 Å². The lowest BCUT2D eigenvalue weighted by atomic mass is 10.1. The predicted molar refractivity (Wildman–Crippen MR) is 121 cm³/mol. The molecule has 1 fully saturated rings. The Labute approximate surface area is 182 Å². The molecule has 31 heavy (non-hydrogen) atoms. The van der Waals surface area contributed by atoms with Crippen LogP contribution in [0, 0.1) is 12.7 Å². The molecule has 3 aromatic rings. The monoisotopic (exact) mass is 421 g/mol. The average molecular weight is 422 g/mol. The normalized spacial score (nSPS) is 13.7. The highest BCUT2D eigenvalue weighted by Crippen LogP contribution is 2.28. The molecule has 1 saturated heterocycles. The minimum Gasteiger partial charge on any atom is -0.383 e. The second-order valence-corrected chi connectivity index (χ2v) is 8.09. The van der Waals surface area contributed by atoms with E-state index < -0.39 is 5.82 Å². The zero-order valence-electron chi connectivity index (χ0n) is 18.1. The van der Waals surface area contributed by atoms with Crippen LogP contribution in [-0.4, -0.2) is 49.1 Å². The van der Waals surface area contributed by atoms with Gasteiger partial charge in [-0.1, -0.05) is 17.7 Å². The molecule has 0 aliphatic carbocycles. The van der Waals surface area contributed by atoms with Crippen molar-refractivity contribution in [1.82, 2.24) is 9.88 Å². The lowest BCUT2D eigenvalue weighted by molar-refractivity contribution is 0.0680. The van der Waals surface area contributed by atoms with Gasteiger partial charge in [0, 0.05) is 49.8 Å². The average Bonchev–Trinajstić information content (AvgIpc) is 3.30. The number of carbonyl (C=O) groups is 1. The zero-order chi connectivity index (χ0) is 21.8. The third-order valence-electron chi connectivity index (χ3n) is 5.72. The van der Waals surface area contributed by atoms with E-state index in [1.54, 1.807) is 24.1 Å². The second-order valence-electron chi connectivity index (χ2n) is 8.09. The molecule has 1 aromatic heterocycles. The van der Waals surface area contributed by atoms with Crippen molar-refractivity contribution in [2.24, 2.45) is 0 Å². The summed E-state index contributed by atoms with van der Waals surface area (Å²) < 4.78 is 19.0. The first kappa shape index (κ1) is 21.2. The van der Waals surface area contributed by atoms with E-state index in [4.69, 9.17) is 9.72 Å². The van der Waals surface area contributed by atoms with Crippen LogP contribution < -0.4 is 4.90 Å². The number of nitrogens with zero attached hydrogens (tertiary/aromatic N) is 3. The zero-order valence-corrected chi connectivity index (χ0v) is 18.1. The van der Waals surface area contributed by atoms with E-state index in [1.807, 2.05) is 0 Å². The van der Waals surface area contributed by atoms with Gasteiger partial charge in [-0.15, -0.1) is 0 Å². The molecule has 0 bridgehead atoms. The molecule has 2 heterocycles. The van der Waals surface area contributed by atoms with Gasteiger partial charge in [-0.3, -0.25) is 4.79 Å². The summed E-state index contributed by atoms with van der Waals surface area (Å²) in [5.41, 5.74) is 3.46. The minimum atomic E-state index is -0.418. The number of carbonyl (C=O) groups excluding carboxylic acids is 1. The lowest BCUT2D eigenvalue weighted by Gasteiger charge is -2.27. The van der Waals surface area contributed by atoms with Crippen LogP contribution in [0.3, 0.4) is 0 Å². The molecule has 5 nitrogen and oxygen atoms in total. The highest BCUT2D eigenvalue weighted by molar-refractivity contribution is 5.94. The molecular weight excluding hydrogens is 393 g/mol. The fourth-order valence-electron chi connectivity index (χ4n) is 4.11. The molecule has 1 amide bonds. The fourth-order valence-corrected chi connectivity index (χ4v) is 4.11. The first-order valence-corrected chi connectivity index (χ1v) is 10.7. The molecule has 0 N–H and O–H groups in total. The van der Waals surface area contributed by atoms with Crippen LogP contribution in [0.5, 0.6) is 0 Å². The van der Waals surface area contributed by atoms with Crippen molar-refractivity contribution in [2.75, 3.05) is 38.3 Å². The summed E-state index contributed by atoms with van der Waals surface area (Å²) in [5.74, 6) is 0.301. The van der Waals surface area contributed by atoms with E-state index in [1.165, 1.54) is 17.7 Å². The number of hydrogen-bond acceptors (Lipinski definition) is 4. The van der Waals surface area contributed by atoms with Gasteiger partial charge in [0.05, 0.1) is 12.1 Å². The molecule has 6 heteroatoms. The molecule has 0 saturated carbocycles. The second kappa shape index (κ2) is 9.43. The van der Waals surface area contributed by atoms with Crippen LogP contribution in [0.15, 0.2) is 48.5 Å². The number of anilines is 1. The largest absolute Gasteiger partial charge is 0.383 e. The Balaban J connectivity index is 1.72. The summed E-state index contributed by atoms with van der Waals surface area (Å²) >= 11 is 0. The van der Waals surface area contributed by atoms with Gasteiger partial charge in [0.2, 0.25) is 0 Å². The highest BCUT2D eigenvalue weighted by atomic mass is 19.1. The van der Waals surface area contributed by atoms with Gasteiger partial charge in [-0.25, -0.2) is 9.37 Å². The Bertz CT molecular complexity index is 1080. The summed E-state index contributed by atoms with van der Waals surface area (Å²) in [6, 6.07) is 14.2. The number of fused-ring (bicyclic) bond motifs is 1. The number of rotatable bonds is 7. The van der Waals surface area contributed by atoms with E-state index in [2.05, 4.69) is 36.1 Å². The van der Waals surface area contributed by atoms with Gasteiger partial charge in [-0.2, -0.15) is 0 Å². The molecule has 1 aliphatic rings. The van der Waals surface area contributed by atoms with Crippen LogP contribution in [0.1, 0.15) is 34.3 Å². The Morgan fingerprint density at radius 1 is 1.16 bits per heavy atom. The molecule has 4 rings (SSSR count). The van der Waals surface area contributed by atoms with Crippen LogP contribution in [0.25, 0.3) is 10.9 Å². The third-order valence-corrected chi connectivity index (χ3v) is 5.72. The van der Waals surface area contributed by atoms with Crippen molar-refractivity contribution in [3.63, 3.8) is 0 Å². The van der Waals surface area contributed by atoms with Gasteiger partial charge in [-0.05, 0) is 56.2 Å². The van der Waals surface area contributed by atoms with E-state index in [0.29, 0.717) is 25.3 Å². The van der Waals surface area contributed by atoms with E-state index in [9.17, 15) is 9.18 Å². The third kappa shape index (κ3) is 4.85. The maximum absolute atomic E-state index is 13.7.